The minimum Gasteiger partial charge on any atom is -0.394 e. The van der Waals surface area contributed by atoms with Crippen molar-refractivity contribution in [3.63, 3.8) is 0 Å². The van der Waals surface area contributed by atoms with Gasteiger partial charge in [0, 0.05) is 21.1 Å². The summed E-state index contributed by atoms with van der Waals surface area (Å²) in [6.45, 7) is 11.0. The zero-order valence-corrected chi connectivity index (χ0v) is 18.6. The number of hydrogen-bond acceptors (Lipinski definition) is 6. The van der Waals surface area contributed by atoms with Crippen molar-refractivity contribution in [1.82, 2.24) is 5.32 Å². The number of aliphatic hydroxyl groups excluding tert-OH is 3. The molecule has 0 spiro atoms. The van der Waals surface area contributed by atoms with Crippen LogP contribution < -0.4 is 5.32 Å². The molecule has 150 valence electrons. The molecule has 0 rings (SSSR count). The fourth-order valence-corrected chi connectivity index (χ4v) is 0.775. The van der Waals surface area contributed by atoms with Crippen LogP contribution in [0.2, 0.25) is 0 Å². The van der Waals surface area contributed by atoms with Gasteiger partial charge >= 0.3 is 0 Å². The van der Waals surface area contributed by atoms with Gasteiger partial charge in [-0.25, -0.2) is 0 Å². The molecule has 0 aromatic rings. The number of methoxy groups -OCH3 is 1. The second kappa shape index (κ2) is 21.0. The highest BCUT2D eigenvalue weighted by Crippen LogP contribution is 2.07. The minimum absolute atomic E-state index is 0. The molecule has 0 saturated carbocycles. The summed E-state index contributed by atoms with van der Waals surface area (Å²) < 4.78 is 9.89. The average Bonchev–Trinajstić information content (AvgIpc) is 2.52. The molecule has 4 unspecified atom stereocenters. The van der Waals surface area contributed by atoms with Crippen LogP contribution in [0.4, 0.5) is 0 Å². The lowest BCUT2D eigenvalue weighted by Crippen LogP contribution is -2.41. The maximum Gasteiger partial charge on any atom is 0.216 e. The van der Waals surface area contributed by atoms with Crippen molar-refractivity contribution in [3.05, 3.63) is 0 Å². The molecule has 7 nitrogen and oxygen atoms in total. The molecular weight excluding hydrogens is 429 g/mol. The zero-order chi connectivity index (χ0) is 19.0. The van der Waals surface area contributed by atoms with E-state index in [0.29, 0.717) is 0 Å². The van der Waals surface area contributed by atoms with Crippen molar-refractivity contribution in [2.24, 2.45) is 5.92 Å². The van der Waals surface area contributed by atoms with Crippen molar-refractivity contribution < 1.29 is 29.6 Å². The molecular formula is C16H38INO6. The Labute approximate surface area is 164 Å². The summed E-state index contributed by atoms with van der Waals surface area (Å²) in [5, 5.41) is 29.4. The van der Waals surface area contributed by atoms with Gasteiger partial charge in [0.2, 0.25) is 5.91 Å². The zero-order valence-electron chi connectivity index (χ0n) is 16.3. The summed E-state index contributed by atoms with van der Waals surface area (Å²) in [5.41, 5.74) is 0. The van der Waals surface area contributed by atoms with Crippen molar-refractivity contribution in [3.8, 4) is 0 Å². The van der Waals surface area contributed by atoms with Gasteiger partial charge in [-0.3, -0.25) is 4.79 Å². The normalized spacial score (nSPS) is 14.7. The smallest absolute Gasteiger partial charge is 0.216 e. The maximum atomic E-state index is 9.70. The van der Waals surface area contributed by atoms with Gasteiger partial charge in [0.1, 0.15) is 6.10 Å². The Morgan fingerprint density at radius 3 is 1.71 bits per heavy atom. The number of nitrogens with one attached hydrogen (secondary N) is 1. The van der Waals surface area contributed by atoms with E-state index in [0.717, 1.165) is 5.92 Å². The molecule has 0 saturated heterocycles. The Kier molecular flexibility index (Phi) is 27.8. The number of rotatable bonds is 7. The molecule has 24 heavy (non-hydrogen) atoms. The van der Waals surface area contributed by atoms with Gasteiger partial charge in [0.25, 0.3) is 0 Å². The monoisotopic (exact) mass is 467 g/mol. The summed E-state index contributed by atoms with van der Waals surface area (Å²) in [6.07, 6.45) is -2.09. The van der Waals surface area contributed by atoms with Gasteiger partial charge in [0.05, 0.1) is 18.8 Å². The van der Waals surface area contributed by atoms with Crippen LogP contribution in [0.3, 0.4) is 0 Å². The third-order valence-electron chi connectivity index (χ3n) is 2.80. The number of hydrogen-bond donors (Lipinski definition) is 4. The molecule has 8 heteroatoms. The van der Waals surface area contributed by atoms with E-state index in [4.69, 9.17) is 19.7 Å². The van der Waals surface area contributed by atoms with Crippen LogP contribution in [0.25, 0.3) is 0 Å². The molecule has 1 amide bonds. The van der Waals surface area contributed by atoms with Crippen LogP contribution in [-0.2, 0) is 14.3 Å². The summed E-state index contributed by atoms with van der Waals surface area (Å²) in [6, 6.07) is 0. The number of halogens is 1. The van der Waals surface area contributed by atoms with E-state index in [1.54, 1.807) is 14.0 Å². The number of carbonyl (C=O) groups excluding carboxylic acids is 1. The Morgan fingerprint density at radius 1 is 1.17 bits per heavy atom. The number of carbonyl (C=O) groups is 1. The van der Waals surface area contributed by atoms with Gasteiger partial charge in [-0.1, -0.05) is 27.2 Å². The van der Waals surface area contributed by atoms with Gasteiger partial charge < -0.3 is 30.1 Å². The predicted molar refractivity (Wildman–Crippen MR) is 106 cm³/mol. The first-order valence-corrected chi connectivity index (χ1v) is 7.90. The maximum absolute atomic E-state index is 9.70. The van der Waals surface area contributed by atoms with Crippen LogP contribution in [0.1, 0.15) is 48.0 Å². The standard InChI is InChI=1S/C8H18O5.C5H12.C3H7NO.HI/c1-5(4-9)13-8(12-3)7(11)6(2)10;1-4-5(2)3;1-3(5)4-2;/h5-11H,4H2,1-3H3;5H,4H2,1-3H3;1-2H3,(H,4,5);1H. The first-order valence-electron chi connectivity index (χ1n) is 7.90. The molecule has 0 heterocycles. The van der Waals surface area contributed by atoms with Crippen LogP contribution >= 0.6 is 24.0 Å². The Balaban J connectivity index is -0.000000151. The molecule has 0 aliphatic rings. The Hall–Kier alpha value is -0.000000000000000222. The third kappa shape index (κ3) is 24.3. The van der Waals surface area contributed by atoms with E-state index in [-0.39, 0.29) is 36.5 Å². The van der Waals surface area contributed by atoms with Crippen LogP contribution in [0.15, 0.2) is 0 Å². The van der Waals surface area contributed by atoms with E-state index in [9.17, 15) is 9.90 Å². The van der Waals surface area contributed by atoms with Crippen LogP contribution in [0.5, 0.6) is 0 Å². The second-order valence-electron chi connectivity index (χ2n) is 5.57. The lowest BCUT2D eigenvalue weighted by atomic mass is 10.2. The van der Waals surface area contributed by atoms with Crippen LogP contribution in [0, 0.1) is 5.92 Å². The van der Waals surface area contributed by atoms with Crippen molar-refractivity contribution in [1.29, 1.82) is 0 Å². The highest BCUT2D eigenvalue weighted by Gasteiger charge is 2.25. The highest BCUT2D eigenvalue weighted by molar-refractivity contribution is 14.0. The van der Waals surface area contributed by atoms with Gasteiger partial charge in [-0.05, 0) is 19.8 Å². The van der Waals surface area contributed by atoms with E-state index < -0.39 is 24.6 Å². The molecule has 0 aliphatic heterocycles. The van der Waals surface area contributed by atoms with Crippen LogP contribution in [-0.4, -0.2) is 66.6 Å². The SMILES string of the molecule is CCC(C)C.CNC(C)=O.COC(OC(C)CO)C(O)C(C)O.I. The fourth-order valence-electron chi connectivity index (χ4n) is 0.775. The lowest BCUT2D eigenvalue weighted by molar-refractivity contribution is -0.222. The quantitative estimate of drug-likeness (QED) is 0.334. The third-order valence-corrected chi connectivity index (χ3v) is 2.80. The van der Waals surface area contributed by atoms with Gasteiger partial charge in [0.15, 0.2) is 6.29 Å². The predicted octanol–water partition coefficient (Wildman–Crippen LogP) is 1.52. The largest absolute Gasteiger partial charge is 0.394 e. The summed E-state index contributed by atoms with van der Waals surface area (Å²) in [5.74, 6) is 0.889. The van der Waals surface area contributed by atoms with Crippen molar-refractivity contribution in [2.45, 2.75) is 72.6 Å². The number of aliphatic hydroxyl groups is 3. The first kappa shape index (κ1) is 31.7. The fraction of sp³-hybridized carbons (Fsp3) is 0.938. The van der Waals surface area contributed by atoms with E-state index in [1.165, 1.54) is 27.4 Å². The molecule has 0 aromatic carbocycles. The topological polar surface area (TPSA) is 108 Å². The first-order chi connectivity index (χ1) is 10.6. The van der Waals surface area contributed by atoms with E-state index in [1.807, 2.05) is 0 Å². The van der Waals surface area contributed by atoms with E-state index in [2.05, 4.69) is 26.1 Å². The van der Waals surface area contributed by atoms with Gasteiger partial charge in [-0.15, -0.1) is 24.0 Å². The molecule has 0 fully saturated rings. The molecule has 0 aliphatic carbocycles. The number of ether oxygens (including phenoxy) is 2. The minimum atomic E-state index is -1.11. The summed E-state index contributed by atoms with van der Waals surface area (Å²) in [7, 11) is 2.96. The summed E-state index contributed by atoms with van der Waals surface area (Å²) in [4.78, 5) is 9.70. The average molecular weight is 467 g/mol. The van der Waals surface area contributed by atoms with Crippen molar-refractivity contribution >= 4 is 29.9 Å². The summed E-state index contributed by atoms with van der Waals surface area (Å²) >= 11 is 0. The molecule has 0 bridgehead atoms. The Bertz CT molecular complexity index is 267. The van der Waals surface area contributed by atoms with Crippen molar-refractivity contribution in [2.75, 3.05) is 20.8 Å². The second-order valence-corrected chi connectivity index (χ2v) is 5.57. The Morgan fingerprint density at radius 2 is 1.54 bits per heavy atom. The van der Waals surface area contributed by atoms with E-state index >= 15 is 0 Å². The molecule has 4 atom stereocenters. The molecule has 4 N–H and O–H groups in total. The molecule has 0 radical (unpaired) electrons. The lowest BCUT2D eigenvalue weighted by Gasteiger charge is -2.26. The van der Waals surface area contributed by atoms with Gasteiger partial charge in [-0.2, -0.15) is 0 Å². The highest BCUT2D eigenvalue weighted by atomic mass is 127. The molecule has 0 aromatic heterocycles. The number of amides is 1.